The number of benzene rings is 2. The second-order valence-electron chi connectivity index (χ2n) is 6.30. The lowest BCUT2D eigenvalue weighted by molar-refractivity contribution is 0.117. The van der Waals surface area contributed by atoms with E-state index in [9.17, 15) is 9.59 Å². The van der Waals surface area contributed by atoms with E-state index in [2.05, 4.69) is 4.98 Å². The molecule has 0 fully saturated rings. The maximum atomic E-state index is 12.5. The van der Waals surface area contributed by atoms with E-state index in [4.69, 9.17) is 9.47 Å². The Labute approximate surface area is 157 Å². The maximum absolute atomic E-state index is 12.5. The van der Waals surface area contributed by atoms with E-state index in [1.807, 2.05) is 55.5 Å². The van der Waals surface area contributed by atoms with E-state index in [-0.39, 0.29) is 18.6 Å². The van der Waals surface area contributed by atoms with Crippen molar-refractivity contribution in [2.75, 3.05) is 14.2 Å². The number of aryl methyl sites for hydroxylation is 1. The van der Waals surface area contributed by atoms with Crippen LogP contribution in [-0.4, -0.2) is 30.2 Å². The van der Waals surface area contributed by atoms with E-state index >= 15 is 0 Å². The van der Waals surface area contributed by atoms with Crippen molar-refractivity contribution in [3.8, 4) is 5.75 Å². The number of carbonyl (C=O) groups excluding carboxylic acids is 1. The summed E-state index contributed by atoms with van der Waals surface area (Å²) < 4.78 is 10.3. The highest BCUT2D eigenvalue weighted by molar-refractivity contribution is 5.82. The molecule has 140 valence electrons. The first kappa shape index (κ1) is 18.5. The fourth-order valence-corrected chi connectivity index (χ4v) is 3.10. The van der Waals surface area contributed by atoms with Crippen LogP contribution in [-0.2, 0) is 17.8 Å². The molecule has 0 atom stereocenters. The summed E-state index contributed by atoms with van der Waals surface area (Å²) in [6, 6.07) is 15.1. The van der Waals surface area contributed by atoms with Crippen LogP contribution in [0.15, 0.2) is 53.3 Å². The van der Waals surface area contributed by atoms with Gasteiger partial charge in [0.15, 0.2) is 0 Å². The number of amides is 1. The third-order valence-corrected chi connectivity index (χ3v) is 4.51. The van der Waals surface area contributed by atoms with Gasteiger partial charge >= 0.3 is 6.09 Å². The van der Waals surface area contributed by atoms with Crippen molar-refractivity contribution in [1.82, 2.24) is 9.88 Å². The molecule has 0 bridgehead atoms. The highest BCUT2D eigenvalue weighted by Crippen LogP contribution is 2.21. The number of hydrogen-bond acceptors (Lipinski definition) is 4. The number of methoxy groups -OCH3 is 2. The lowest BCUT2D eigenvalue weighted by Gasteiger charge is -2.22. The number of fused-ring (bicyclic) bond motifs is 1. The lowest BCUT2D eigenvalue weighted by atomic mass is 10.1. The number of nitrogens with zero attached hydrogens (tertiary/aromatic N) is 1. The summed E-state index contributed by atoms with van der Waals surface area (Å²) in [5.74, 6) is 0.675. The Morgan fingerprint density at radius 2 is 1.78 bits per heavy atom. The van der Waals surface area contributed by atoms with E-state index in [0.717, 1.165) is 22.0 Å². The number of aromatic amines is 1. The van der Waals surface area contributed by atoms with Gasteiger partial charge in [-0.25, -0.2) is 4.79 Å². The summed E-state index contributed by atoms with van der Waals surface area (Å²) in [5, 5.41) is 0.923. The van der Waals surface area contributed by atoms with E-state index in [1.54, 1.807) is 7.11 Å². The summed E-state index contributed by atoms with van der Waals surface area (Å²) in [6.07, 6.45) is -0.510. The molecule has 3 rings (SSSR count). The average molecular weight is 366 g/mol. The minimum atomic E-state index is -0.510. The molecular formula is C21H22N2O4. The fraction of sp³-hybridized carbons (Fsp3) is 0.238. The first-order chi connectivity index (χ1) is 13.0. The van der Waals surface area contributed by atoms with Gasteiger partial charge in [-0.05, 0) is 30.0 Å². The van der Waals surface area contributed by atoms with E-state index in [1.165, 1.54) is 12.0 Å². The zero-order chi connectivity index (χ0) is 19.4. The monoisotopic (exact) mass is 366 g/mol. The second-order valence-corrected chi connectivity index (χ2v) is 6.30. The molecule has 1 amide bonds. The molecule has 27 heavy (non-hydrogen) atoms. The molecule has 1 N–H and O–H groups in total. The largest absolute Gasteiger partial charge is 0.496 e. The van der Waals surface area contributed by atoms with Crippen LogP contribution in [0.4, 0.5) is 4.79 Å². The molecule has 0 aliphatic carbocycles. The number of para-hydroxylation sites is 2. The smallest absolute Gasteiger partial charge is 0.410 e. The molecule has 3 aromatic rings. The molecular weight excluding hydrogens is 344 g/mol. The van der Waals surface area contributed by atoms with Crippen LogP contribution in [0.1, 0.15) is 16.7 Å². The molecule has 0 aliphatic rings. The number of ether oxygens (including phenoxy) is 2. The summed E-state index contributed by atoms with van der Waals surface area (Å²) in [4.78, 5) is 29.2. The number of aromatic nitrogens is 1. The van der Waals surface area contributed by atoms with Crippen molar-refractivity contribution in [1.29, 1.82) is 0 Å². The minimum absolute atomic E-state index is 0.129. The van der Waals surface area contributed by atoms with Crippen LogP contribution in [0, 0.1) is 6.92 Å². The van der Waals surface area contributed by atoms with E-state index in [0.29, 0.717) is 11.3 Å². The topological polar surface area (TPSA) is 71.6 Å². The summed E-state index contributed by atoms with van der Waals surface area (Å²) >= 11 is 0. The SMILES string of the molecule is COC(=O)N(Cc1ccccc1OC)Cc1cc2cccc(C)c2[nH]c1=O. The van der Waals surface area contributed by atoms with Crippen molar-refractivity contribution in [3.05, 3.63) is 75.6 Å². The van der Waals surface area contributed by atoms with Crippen molar-refractivity contribution >= 4 is 17.0 Å². The molecule has 1 heterocycles. The van der Waals surface area contributed by atoms with Crippen molar-refractivity contribution in [3.63, 3.8) is 0 Å². The van der Waals surface area contributed by atoms with Crippen LogP contribution in [0.2, 0.25) is 0 Å². The quantitative estimate of drug-likeness (QED) is 0.749. The summed E-state index contributed by atoms with van der Waals surface area (Å²) in [5.41, 5.74) is 2.91. The number of H-pyrrole nitrogens is 1. The first-order valence-electron chi connectivity index (χ1n) is 8.59. The average Bonchev–Trinajstić information content (AvgIpc) is 2.68. The number of rotatable bonds is 5. The molecule has 0 unspecified atom stereocenters. The molecule has 0 saturated heterocycles. The van der Waals surface area contributed by atoms with Gasteiger partial charge in [-0.15, -0.1) is 0 Å². The predicted molar refractivity (Wildman–Crippen MR) is 104 cm³/mol. The molecule has 6 heteroatoms. The molecule has 2 aromatic carbocycles. The van der Waals surface area contributed by atoms with Gasteiger partial charge in [0.2, 0.25) is 0 Å². The standard InChI is InChI=1S/C21H22N2O4/c1-14-7-6-9-15-11-17(20(24)22-19(14)15)13-23(21(25)27-3)12-16-8-4-5-10-18(16)26-2/h4-11H,12-13H2,1-3H3,(H,22,24). The molecule has 0 radical (unpaired) electrons. The number of nitrogens with one attached hydrogen (secondary N) is 1. The maximum Gasteiger partial charge on any atom is 0.410 e. The minimum Gasteiger partial charge on any atom is -0.496 e. The van der Waals surface area contributed by atoms with Crippen LogP contribution >= 0.6 is 0 Å². The van der Waals surface area contributed by atoms with Gasteiger partial charge in [0.05, 0.1) is 32.8 Å². The summed E-state index contributed by atoms with van der Waals surface area (Å²) in [6.45, 7) is 2.34. The van der Waals surface area contributed by atoms with E-state index < -0.39 is 6.09 Å². The highest BCUT2D eigenvalue weighted by Gasteiger charge is 2.19. The van der Waals surface area contributed by atoms with Crippen molar-refractivity contribution in [2.45, 2.75) is 20.0 Å². The Hall–Kier alpha value is -3.28. The molecule has 0 spiro atoms. The van der Waals surface area contributed by atoms with Crippen molar-refractivity contribution < 1.29 is 14.3 Å². The Balaban J connectivity index is 1.95. The van der Waals surface area contributed by atoms with Gasteiger partial charge in [-0.2, -0.15) is 0 Å². The lowest BCUT2D eigenvalue weighted by Crippen LogP contribution is -2.32. The fourth-order valence-electron chi connectivity index (χ4n) is 3.10. The Morgan fingerprint density at radius 3 is 2.52 bits per heavy atom. The van der Waals surface area contributed by atoms with Gasteiger partial charge < -0.3 is 14.5 Å². The van der Waals surface area contributed by atoms with Gasteiger partial charge in [0, 0.05) is 11.1 Å². The van der Waals surface area contributed by atoms with Crippen molar-refractivity contribution in [2.24, 2.45) is 0 Å². The zero-order valence-electron chi connectivity index (χ0n) is 15.6. The highest BCUT2D eigenvalue weighted by atomic mass is 16.5. The number of carbonyl (C=O) groups is 1. The molecule has 1 aromatic heterocycles. The van der Waals surface area contributed by atoms with Crippen LogP contribution in [0.25, 0.3) is 10.9 Å². The molecule has 0 aliphatic heterocycles. The van der Waals surface area contributed by atoms with Crippen LogP contribution in [0.3, 0.4) is 0 Å². The van der Waals surface area contributed by atoms with Gasteiger partial charge in [0.1, 0.15) is 5.75 Å². The third kappa shape index (κ3) is 3.95. The third-order valence-electron chi connectivity index (χ3n) is 4.51. The Bertz CT molecular complexity index is 1030. The summed E-state index contributed by atoms with van der Waals surface area (Å²) in [7, 11) is 2.91. The molecule has 6 nitrogen and oxygen atoms in total. The number of hydrogen-bond donors (Lipinski definition) is 1. The van der Waals surface area contributed by atoms with Crippen LogP contribution in [0.5, 0.6) is 5.75 Å². The Morgan fingerprint density at radius 1 is 1.04 bits per heavy atom. The number of pyridine rings is 1. The van der Waals surface area contributed by atoms with Gasteiger partial charge in [-0.3, -0.25) is 9.69 Å². The molecule has 0 saturated carbocycles. The van der Waals surface area contributed by atoms with Crippen LogP contribution < -0.4 is 10.3 Å². The van der Waals surface area contributed by atoms with Gasteiger partial charge in [0.25, 0.3) is 5.56 Å². The second kappa shape index (κ2) is 7.95. The predicted octanol–water partition coefficient (Wildman–Crippen LogP) is 3.61. The normalized spacial score (nSPS) is 10.6. The van der Waals surface area contributed by atoms with Gasteiger partial charge in [-0.1, -0.05) is 36.4 Å². The first-order valence-corrected chi connectivity index (χ1v) is 8.59. The Kier molecular flexibility index (Phi) is 5.45. The zero-order valence-corrected chi connectivity index (χ0v) is 15.6.